The van der Waals surface area contributed by atoms with Gasteiger partial charge in [0, 0.05) is 13.2 Å². The quantitative estimate of drug-likeness (QED) is 0.924. The van der Waals surface area contributed by atoms with Crippen LogP contribution in [0.5, 0.6) is 11.5 Å². The molecule has 0 bridgehead atoms. The molecule has 2 atom stereocenters. The van der Waals surface area contributed by atoms with E-state index >= 15 is 0 Å². The molecule has 2 unspecified atom stereocenters. The molecule has 0 fully saturated rings. The number of aromatic nitrogens is 2. The minimum absolute atomic E-state index is 0.0563. The normalized spacial score (nSPS) is 18.8. The maximum absolute atomic E-state index is 6.10. The Balaban J connectivity index is 1.85. The van der Waals surface area contributed by atoms with Crippen molar-refractivity contribution in [2.75, 3.05) is 13.2 Å². The number of nitrogens with one attached hydrogen (secondary N) is 1. The minimum atomic E-state index is -0.0692. The molecule has 1 aromatic carbocycles. The van der Waals surface area contributed by atoms with Gasteiger partial charge in [0.05, 0.1) is 11.7 Å². The summed E-state index contributed by atoms with van der Waals surface area (Å²) >= 11 is 0. The average Bonchev–Trinajstić information content (AvgIpc) is 2.90. The van der Waals surface area contributed by atoms with Gasteiger partial charge in [0.1, 0.15) is 6.61 Å². The van der Waals surface area contributed by atoms with Crippen LogP contribution in [0.1, 0.15) is 18.7 Å². The highest BCUT2D eigenvalue weighted by molar-refractivity contribution is 5.41. The van der Waals surface area contributed by atoms with Gasteiger partial charge < -0.3 is 14.8 Å². The summed E-state index contributed by atoms with van der Waals surface area (Å²) in [6, 6.07) is 9.84. The van der Waals surface area contributed by atoms with E-state index in [9.17, 15) is 0 Å². The SMILES string of the molecule is CCNC(c1ccnn1C)C1COc2ccccc2O1. The Morgan fingerprint density at radius 3 is 2.85 bits per heavy atom. The van der Waals surface area contributed by atoms with Crippen LogP contribution in [0.25, 0.3) is 0 Å². The predicted octanol–water partition coefficient (Wildman–Crippen LogP) is 1.91. The van der Waals surface area contributed by atoms with Crippen LogP contribution in [0, 0.1) is 0 Å². The number of rotatable bonds is 4. The standard InChI is InChI=1S/C15H19N3O2/c1-3-16-15(11-8-9-17-18(11)2)14-10-19-12-6-4-5-7-13(12)20-14/h4-9,14-16H,3,10H2,1-2H3. The molecule has 2 aromatic rings. The second kappa shape index (κ2) is 5.54. The van der Waals surface area contributed by atoms with Gasteiger partial charge in [0.15, 0.2) is 17.6 Å². The molecule has 1 aliphatic heterocycles. The van der Waals surface area contributed by atoms with E-state index in [2.05, 4.69) is 17.3 Å². The summed E-state index contributed by atoms with van der Waals surface area (Å²) < 4.78 is 13.8. The number of hydrogen-bond acceptors (Lipinski definition) is 4. The summed E-state index contributed by atoms with van der Waals surface area (Å²) in [4.78, 5) is 0. The van der Waals surface area contributed by atoms with Crippen molar-refractivity contribution in [1.29, 1.82) is 0 Å². The van der Waals surface area contributed by atoms with Gasteiger partial charge in [0.25, 0.3) is 0 Å². The third-order valence-electron chi connectivity index (χ3n) is 3.50. The Bertz CT molecular complexity index is 582. The molecule has 0 saturated heterocycles. The molecule has 106 valence electrons. The molecular weight excluding hydrogens is 254 g/mol. The summed E-state index contributed by atoms with van der Waals surface area (Å²) in [5.74, 6) is 1.61. The molecule has 0 radical (unpaired) electrons. The summed E-state index contributed by atoms with van der Waals surface area (Å²) in [7, 11) is 1.94. The largest absolute Gasteiger partial charge is 0.486 e. The summed E-state index contributed by atoms with van der Waals surface area (Å²) in [6.45, 7) is 3.47. The fourth-order valence-electron chi connectivity index (χ4n) is 2.54. The van der Waals surface area contributed by atoms with Crippen molar-refractivity contribution in [3.63, 3.8) is 0 Å². The Labute approximate surface area is 118 Å². The van der Waals surface area contributed by atoms with E-state index in [0.29, 0.717) is 6.61 Å². The van der Waals surface area contributed by atoms with Gasteiger partial charge in [-0.15, -0.1) is 0 Å². The van der Waals surface area contributed by atoms with Crippen LogP contribution in [0.15, 0.2) is 36.5 Å². The maximum Gasteiger partial charge on any atom is 0.161 e. The molecule has 0 aliphatic carbocycles. The van der Waals surface area contributed by atoms with E-state index < -0.39 is 0 Å². The molecule has 5 nitrogen and oxygen atoms in total. The first-order valence-electron chi connectivity index (χ1n) is 6.89. The topological polar surface area (TPSA) is 48.3 Å². The summed E-state index contributed by atoms with van der Waals surface area (Å²) in [5.41, 5.74) is 1.10. The molecule has 0 spiro atoms. The monoisotopic (exact) mass is 273 g/mol. The molecule has 1 aromatic heterocycles. The van der Waals surface area contributed by atoms with Crippen molar-refractivity contribution in [2.45, 2.75) is 19.1 Å². The fraction of sp³-hybridized carbons (Fsp3) is 0.400. The Kier molecular flexibility index (Phi) is 3.60. The third kappa shape index (κ3) is 2.36. The third-order valence-corrected chi connectivity index (χ3v) is 3.50. The fourth-order valence-corrected chi connectivity index (χ4v) is 2.54. The lowest BCUT2D eigenvalue weighted by Crippen LogP contribution is -2.42. The van der Waals surface area contributed by atoms with E-state index in [1.807, 2.05) is 42.1 Å². The first kappa shape index (κ1) is 13.0. The predicted molar refractivity (Wildman–Crippen MR) is 76.0 cm³/mol. The molecule has 2 heterocycles. The highest BCUT2D eigenvalue weighted by Gasteiger charge is 2.31. The van der Waals surface area contributed by atoms with Gasteiger partial charge in [-0.2, -0.15) is 5.10 Å². The highest BCUT2D eigenvalue weighted by atomic mass is 16.6. The molecule has 5 heteroatoms. The van der Waals surface area contributed by atoms with E-state index in [1.54, 1.807) is 6.20 Å². The number of likely N-dealkylation sites (N-methyl/N-ethyl adjacent to an activating group) is 1. The molecule has 1 aliphatic rings. The van der Waals surface area contributed by atoms with E-state index in [0.717, 1.165) is 23.7 Å². The lowest BCUT2D eigenvalue weighted by atomic mass is 10.1. The van der Waals surface area contributed by atoms with Crippen LogP contribution in [-0.2, 0) is 7.05 Å². The van der Waals surface area contributed by atoms with Crippen molar-refractivity contribution < 1.29 is 9.47 Å². The van der Waals surface area contributed by atoms with Gasteiger partial charge in [0.2, 0.25) is 0 Å². The van der Waals surface area contributed by atoms with E-state index in [4.69, 9.17) is 9.47 Å². The summed E-state index contributed by atoms with van der Waals surface area (Å²) in [5, 5.41) is 7.70. The zero-order chi connectivity index (χ0) is 13.9. The van der Waals surface area contributed by atoms with Gasteiger partial charge in [-0.25, -0.2) is 0 Å². The number of nitrogens with zero attached hydrogens (tertiary/aromatic N) is 2. The van der Waals surface area contributed by atoms with Crippen LogP contribution in [0.3, 0.4) is 0 Å². The number of ether oxygens (including phenoxy) is 2. The number of aryl methyl sites for hydroxylation is 1. The molecular formula is C15H19N3O2. The molecule has 0 saturated carbocycles. The van der Waals surface area contributed by atoms with Gasteiger partial charge in [-0.3, -0.25) is 4.68 Å². The Hall–Kier alpha value is -2.01. The second-order valence-corrected chi connectivity index (χ2v) is 4.83. The van der Waals surface area contributed by atoms with Crippen LogP contribution >= 0.6 is 0 Å². The van der Waals surface area contributed by atoms with Crippen LogP contribution in [0.2, 0.25) is 0 Å². The number of benzene rings is 1. The van der Waals surface area contributed by atoms with Crippen molar-refractivity contribution >= 4 is 0 Å². The lowest BCUT2D eigenvalue weighted by molar-refractivity contribution is 0.0599. The van der Waals surface area contributed by atoms with Crippen LogP contribution in [-0.4, -0.2) is 29.0 Å². The molecule has 20 heavy (non-hydrogen) atoms. The average molecular weight is 273 g/mol. The van der Waals surface area contributed by atoms with E-state index in [-0.39, 0.29) is 12.1 Å². The Morgan fingerprint density at radius 2 is 2.15 bits per heavy atom. The first-order valence-corrected chi connectivity index (χ1v) is 6.89. The van der Waals surface area contributed by atoms with Crippen molar-refractivity contribution in [2.24, 2.45) is 7.05 Å². The molecule has 3 rings (SSSR count). The number of para-hydroxylation sites is 2. The smallest absolute Gasteiger partial charge is 0.161 e. The summed E-state index contributed by atoms with van der Waals surface area (Å²) in [6.07, 6.45) is 1.73. The van der Waals surface area contributed by atoms with Crippen molar-refractivity contribution in [3.05, 3.63) is 42.2 Å². The lowest BCUT2D eigenvalue weighted by Gasteiger charge is -2.32. The van der Waals surface area contributed by atoms with Gasteiger partial charge in [-0.1, -0.05) is 19.1 Å². The highest BCUT2D eigenvalue weighted by Crippen LogP contribution is 2.34. The number of hydrogen-bond donors (Lipinski definition) is 1. The minimum Gasteiger partial charge on any atom is -0.486 e. The zero-order valence-corrected chi connectivity index (χ0v) is 11.7. The van der Waals surface area contributed by atoms with Crippen molar-refractivity contribution in [1.82, 2.24) is 15.1 Å². The molecule has 0 amide bonds. The maximum atomic E-state index is 6.10. The number of fused-ring (bicyclic) bond motifs is 1. The van der Waals surface area contributed by atoms with Crippen molar-refractivity contribution in [3.8, 4) is 11.5 Å². The van der Waals surface area contributed by atoms with Crippen LogP contribution in [0.4, 0.5) is 0 Å². The first-order chi connectivity index (χ1) is 9.79. The van der Waals surface area contributed by atoms with Gasteiger partial charge in [-0.05, 0) is 24.7 Å². The van der Waals surface area contributed by atoms with Gasteiger partial charge >= 0.3 is 0 Å². The van der Waals surface area contributed by atoms with Crippen LogP contribution < -0.4 is 14.8 Å². The zero-order valence-electron chi connectivity index (χ0n) is 11.7. The second-order valence-electron chi connectivity index (χ2n) is 4.83. The molecule has 1 N–H and O–H groups in total. The Morgan fingerprint density at radius 1 is 1.35 bits per heavy atom. The van der Waals surface area contributed by atoms with E-state index in [1.165, 1.54) is 0 Å².